The predicted octanol–water partition coefficient (Wildman–Crippen LogP) is 5.27. The highest BCUT2D eigenvalue weighted by Gasteiger charge is 2.33. The molecule has 0 aromatic carbocycles. The van der Waals surface area contributed by atoms with E-state index in [0.29, 0.717) is 6.54 Å². The number of aromatic nitrogens is 2. The Morgan fingerprint density at radius 1 is 1.24 bits per heavy atom. The molecule has 14 heteroatoms. The van der Waals surface area contributed by atoms with Crippen LogP contribution >= 0.6 is 11.3 Å². The van der Waals surface area contributed by atoms with Crippen molar-refractivity contribution in [1.29, 1.82) is 0 Å². The molecule has 8 nitrogen and oxygen atoms in total. The number of aliphatic hydroxyl groups is 1. The third kappa shape index (κ3) is 8.58. The summed E-state index contributed by atoms with van der Waals surface area (Å²) in [5.74, 6) is -1.49. The van der Waals surface area contributed by atoms with Crippen LogP contribution in [0.25, 0.3) is 10.4 Å². The summed E-state index contributed by atoms with van der Waals surface area (Å²) < 4.78 is 65.0. The molecule has 2 aromatic rings. The highest BCUT2D eigenvalue weighted by atomic mass is 32.1. The number of carbonyl (C=O) groups excluding carboxylic acids is 2. The van der Waals surface area contributed by atoms with Crippen molar-refractivity contribution in [2.45, 2.75) is 71.2 Å². The molecule has 212 valence electrons. The summed E-state index contributed by atoms with van der Waals surface area (Å²) in [7, 11) is 1.36. The quantitative estimate of drug-likeness (QED) is 0.412. The van der Waals surface area contributed by atoms with Gasteiger partial charge in [-0.05, 0) is 38.7 Å². The number of hydrogen-bond donors (Lipinski definition) is 3. The molecule has 1 aliphatic carbocycles. The second-order valence-corrected chi connectivity index (χ2v) is 9.42. The van der Waals surface area contributed by atoms with Gasteiger partial charge >= 0.3 is 6.18 Å². The van der Waals surface area contributed by atoms with Gasteiger partial charge in [0.2, 0.25) is 0 Å². The van der Waals surface area contributed by atoms with Gasteiger partial charge in [0.25, 0.3) is 18.2 Å². The second-order valence-electron chi connectivity index (χ2n) is 8.42. The Balaban J connectivity index is 0.000000756. The van der Waals surface area contributed by atoms with Crippen molar-refractivity contribution in [2.75, 3.05) is 25.5 Å². The van der Waals surface area contributed by atoms with E-state index in [9.17, 15) is 31.5 Å². The summed E-state index contributed by atoms with van der Waals surface area (Å²) in [5.41, 5.74) is -0.956. The van der Waals surface area contributed by atoms with Crippen molar-refractivity contribution >= 4 is 29.0 Å². The second kappa shape index (κ2) is 13.8. The van der Waals surface area contributed by atoms with Crippen molar-refractivity contribution in [3.8, 4) is 10.4 Å². The maximum Gasteiger partial charge on any atom is 0.405 e. The number of anilines is 1. The lowest BCUT2D eigenvalue weighted by atomic mass is 10.1. The van der Waals surface area contributed by atoms with Crippen molar-refractivity contribution < 1.29 is 36.6 Å². The van der Waals surface area contributed by atoms with Crippen LogP contribution in [0.15, 0.2) is 12.3 Å². The van der Waals surface area contributed by atoms with Crippen molar-refractivity contribution in [1.82, 2.24) is 20.2 Å². The van der Waals surface area contributed by atoms with Crippen LogP contribution in [0.4, 0.5) is 27.8 Å². The molecule has 1 unspecified atom stereocenters. The molecule has 1 saturated carbocycles. The zero-order valence-electron chi connectivity index (χ0n) is 21.5. The van der Waals surface area contributed by atoms with Crippen molar-refractivity contribution in [3.05, 3.63) is 28.5 Å². The van der Waals surface area contributed by atoms with Crippen LogP contribution in [-0.2, 0) is 0 Å². The van der Waals surface area contributed by atoms with Gasteiger partial charge in [0.1, 0.15) is 18.1 Å². The monoisotopic (exact) mass is 565 g/mol. The fourth-order valence-electron chi connectivity index (χ4n) is 3.43. The van der Waals surface area contributed by atoms with E-state index in [4.69, 9.17) is 5.11 Å². The number of hydrogen-bond acceptors (Lipinski definition) is 7. The Hall–Kier alpha value is -2.87. The molecule has 38 heavy (non-hydrogen) atoms. The van der Waals surface area contributed by atoms with Gasteiger partial charge in [-0.3, -0.25) is 9.59 Å². The van der Waals surface area contributed by atoms with Crippen LogP contribution in [-0.4, -0.2) is 70.2 Å². The standard InChI is InChI=1S/C19H20F5N5O2S.C3H6O.C2H6/c1-9-4-3-5-29(9)18(31)13-14(32-17(28-13)16(30)25-2)11-7-26-12(6-10(11)15(20)21)27-8-19(22,23)24;4-3-1-2-3;1-2/h6-7,9,15H,3-5,8H2,1-2H3,(H,25,30)(H,26,27);3-4H,1-2H2;1-2H3. The number of alkyl halides is 5. The fourth-order valence-corrected chi connectivity index (χ4v) is 4.46. The van der Waals surface area contributed by atoms with Gasteiger partial charge in [-0.15, -0.1) is 11.3 Å². The molecule has 2 aromatic heterocycles. The van der Waals surface area contributed by atoms with E-state index in [2.05, 4.69) is 15.3 Å². The number of halogens is 5. The summed E-state index contributed by atoms with van der Waals surface area (Å²) in [6.45, 7) is 4.87. The minimum atomic E-state index is -4.56. The molecular formula is C24H32F5N5O3S. The molecule has 1 saturated heterocycles. The lowest BCUT2D eigenvalue weighted by molar-refractivity contribution is -0.115. The Bertz CT molecular complexity index is 1090. The van der Waals surface area contributed by atoms with E-state index in [1.54, 1.807) is 4.90 Å². The Morgan fingerprint density at radius 2 is 1.87 bits per heavy atom. The Kier molecular flexibility index (Phi) is 11.4. The fraction of sp³-hybridized carbons (Fsp3) is 0.583. The molecule has 1 aliphatic heterocycles. The third-order valence-corrected chi connectivity index (χ3v) is 6.58. The van der Waals surface area contributed by atoms with Gasteiger partial charge in [-0.25, -0.2) is 18.7 Å². The number of likely N-dealkylation sites (tertiary alicyclic amines) is 1. The smallest absolute Gasteiger partial charge is 0.393 e. The van der Waals surface area contributed by atoms with Gasteiger partial charge in [0, 0.05) is 37.0 Å². The van der Waals surface area contributed by atoms with E-state index in [0.717, 1.165) is 49.3 Å². The lowest BCUT2D eigenvalue weighted by Gasteiger charge is -2.21. The molecule has 3 heterocycles. The zero-order valence-corrected chi connectivity index (χ0v) is 22.3. The first-order chi connectivity index (χ1) is 17.9. The summed E-state index contributed by atoms with van der Waals surface area (Å²) in [6, 6.07) is 0.722. The lowest BCUT2D eigenvalue weighted by Crippen LogP contribution is -2.34. The van der Waals surface area contributed by atoms with Crippen LogP contribution in [0, 0.1) is 0 Å². The molecule has 0 spiro atoms. The van der Waals surface area contributed by atoms with Crippen molar-refractivity contribution in [3.63, 3.8) is 0 Å². The molecular weight excluding hydrogens is 533 g/mol. The average molecular weight is 566 g/mol. The number of pyridine rings is 1. The number of rotatable bonds is 6. The van der Waals surface area contributed by atoms with Crippen LogP contribution < -0.4 is 10.6 Å². The molecule has 2 amide bonds. The third-order valence-electron chi connectivity index (χ3n) is 5.50. The van der Waals surface area contributed by atoms with E-state index < -0.39 is 42.3 Å². The van der Waals surface area contributed by atoms with E-state index in [1.807, 2.05) is 26.1 Å². The molecule has 2 fully saturated rings. The first-order valence-electron chi connectivity index (χ1n) is 12.2. The molecule has 4 rings (SSSR count). The normalized spacial score (nSPS) is 16.8. The van der Waals surface area contributed by atoms with Gasteiger partial charge in [0.05, 0.1) is 11.0 Å². The minimum absolute atomic E-state index is 0.0119. The number of carbonyl (C=O) groups is 2. The highest BCUT2D eigenvalue weighted by Crippen LogP contribution is 2.38. The van der Waals surface area contributed by atoms with Gasteiger partial charge in [-0.2, -0.15) is 13.2 Å². The maximum atomic E-state index is 13.8. The summed E-state index contributed by atoms with van der Waals surface area (Å²) in [4.78, 5) is 34.7. The van der Waals surface area contributed by atoms with Gasteiger partial charge in [-0.1, -0.05) is 13.8 Å². The Morgan fingerprint density at radius 3 is 2.34 bits per heavy atom. The number of nitrogens with one attached hydrogen (secondary N) is 2. The molecule has 2 aliphatic rings. The van der Waals surface area contributed by atoms with E-state index >= 15 is 0 Å². The van der Waals surface area contributed by atoms with E-state index in [1.165, 1.54) is 7.05 Å². The first-order valence-corrected chi connectivity index (χ1v) is 13.0. The van der Waals surface area contributed by atoms with Crippen LogP contribution in [0.2, 0.25) is 0 Å². The SMILES string of the molecule is CC.CNC(=O)c1nc(C(=O)N2CCCC2C)c(-c2cnc(NCC(F)(F)F)cc2C(F)F)s1.OC1CC1. The Labute approximate surface area is 221 Å². The molecule has 0 bridgehead atoms. The first kappa shape index (κ1) is 31.3. The zero-order chi connectivity index (χ0) is 28.6. The average Bonchev–Trinajstić information content (AvgIpc) is 3.36. The largest absolute Gasteiger partial charge is 0.405 e. The van der Waals surface area contributed by atoms with Crippen LogP contribution in [0.5, 0.6) is 0 Å². The number of thiazole rings is 1. The maximum absolute atomic E-state index is 13.8. The molecule has 0 radical (unpaired) electrons. The predicted molar refractivity (Wildman–Crippen MR) is 135 cm³/mol. The minimum Gasteiger partial charge on any atom is -0.393 e. The van der Waals surface area contributed by atoms with E-state index in [-0.39, 0.29) is 33.3 Å². The number of nitrogens with zero attached hydrogens (tertiary/aromatic N) is 3. The summed E-state index contributed by atoms with van der Waals surface area (Å²) in [6.07, 6.45) is -2.95. The van der Waals surface area contributed by atoms with Crippen molar-refractivity contribution in [2.24, 2.45) is 0 Å². The van der Waals surface area contributed by atoms with Gasteiger partial charge in [0.15, 0.2) is 5.01 Å². The number of amides is 2. The van der Waals surface area contributed by atoms with Crippen LogP contribution in [0.3, 0.4) is 0 Å². The number of aliphatic hydroxyl groups excluding tert-OH is 1. The van der Waals surface area contributed by atoms with Crippen LogP contribution in [0.1, 0.15) is 78.7 Å². The summed E-state index contributed by atoms with van der Waals surface area (Å²) in [5, 5.41) is 12.4. The molecule has 3 N–H and O–H groups in total. The highest BCUT2D eigenvalue weighted by molar-refractivity contribution is 7.17. The summed E-state index contributed by atoms with van der Waals surface area (Å²) >= 11 is 0.744. The topological polar surface area (TPSA) is 107 Å². The van der Waals surface area contributed by atoms with Gasteiger partial charge < -0.3 is 20.6 Å². The molecule has 1 atom stereocenters.